The summed E-state index contributed by atoms with van der Waals surface area (Å²) in [5, 5.41) is 0. The molecular formula is C15H22O. The molecule has 0 aliphatic heterocycles. The summed E-state index contributed by atoms with van der Waals surface area (Å²) in [7, 11) is 0. The number of carbonyl (C=O) groups is 1. The van der Waals surface area contributed by atoms with Crippen LogP contribution in [0.1, 0.15) is 44.2 Å². The van der Waals surface area contributed by atoms with E-state index in [1.54, 1.807) is 0 Å². The predicted molar refractivity (Wildman–Crippen MR) is 68.6 cm³/mol. The van der Waals surface area contributed by atoms with Crippen LogP contribution in [0.15, 0.2) is 24.3 Å². The van der Waals surface area contributed by atoms with Gasteiger partial charge in [-0.15, -0.1) is 0 Å². The van der Waals surface area contributed by atoms with E-state index in [0.717, 1.165) is 19.3 Å². The van der Waals surface area contributed by atoms with E-state index in [1.807, 2.05) is 0 Å². The quantitative estimate of drug-likeness (QED) is 0.707. The Kier molecular flexibility index (Phi) is 5.24. The van der Waals surface area contributed by atoms with Crippen LogP contribution in [-0.4, -0.2) is 5.78 Å². The van der Waals surface area contributed by atoms with Gasteiger partial charge in [0.25, 0.3) is 0 Å². The first-order valence-electron chi connectivity index (χ1n) is 6.19. The molecule has 1 aromatic carbocycles. The van der Waals surface area contributed by atoms with Crippen molar-refractivity contribution in [1.82, 2.24) is 0 Å². The fraction of sp³-hybridized carbons (Fsp3) is 0.533. The SMILES string of the molecule is CCC(C)CC(=O)CCc1cccc(C)c1. The number of carbonyl (C=O) groups excluding carboxylic acids is 1. The second-order valence-corrected chi connectivity index (χ2v) is 4.75. The monoisotopic (exact) mass is 218 g/mol. The highest BCUT2D eigenvalue weighted by Gasteiger charge is 2.07. The first-order chi connectivity index (χ1) is 7.61. The molecule has 1 atom stereocenters. The Hall–Kier alpha value is -1.11. The number of ketones is 1. The molecule has 1 rings (SSSR count). The van der Waals surface area contributed by atoms with E-state index in [2.05, 4.69) is 45.0 Å². The van der Waals surface area contributed by atoms with Crippen molar-refractivity contribution in [3.05, 3.63) is 35.4 Å². The number of hydrogen-bond acceptors (Lipinski definition) is 1. The molecule has 0 aliphatic carbocycles. The second kappa shape index (κ2) is 6.47. The third-order valence-corrected chi connectivity index (χ3v) is 3.05. The predicted octanol–water partition coefficient (Wildman–Crippen LogP) is 3.93. The Bertz CT molecular complexity index is 341. The van der Waals surface area contributed by atoms with Crippen LogP contribution in [-0.2, 0) is 11.2 Å². The smallest absolute Gasteiger partial charge is 0.133 e. The highest BCUT2D eigenvalue weighted by atomic mass is 16.1. The van der Waals surface area contributed by atoms with Gasteiger partial charge in [0, 0.05) is 12.8 Å². The molecule has 1 unspecified atom stereocenters. The van der Waals surface area contributed by atoms with E-state index in [0.29, 0.717) is 18.1 Å². The van der Waals surface area contributed by atoms with Crippen molar-refractivity contribution < 1.29 is 4.79 Å². The van der Waals surface area contributed by atoms with Crippen molar-refractivity contribution in [3.63, 3.8) is 0 Å². The van der Waals surface area contributed by atoms with Gasteiger partial charge in [-0.2, -0.15) is 0 Å². The van der Waals surface area contributed by atoms with Crippen LogP contribution in [0.4, 0.5) is 0 Å². The van der Waals surface area contributed by atoms with Crippen molar-refractivity contribution >= 4 is 5.78 Å². The lowest BCUT2D eigenvalue weighted by Crippen LogP contribution is -2.05. The second-order valence-electron chi connectivity index (χ2n) is 4.75. The van der Waals surface area contributed by atoms with E-state index in [-0.39, 0.29) is 0 Å². The largest absolute Gasteiger partial charge is 0.300 e. The highest BCUT2D eigenvalue weighted by molar-refractivity contribution is 5.78. The zero-order valence-corrected chi connectivity index (χ0v) is 10.6. The van der Waals surface area contributed by atoms with Crippen LogP contribution < -0.4 is 0 Å². The molecule has 0 heterocycles. The standard InChI is InChI=1S/C15H22O/c1-4-12(2)11-15(16)9-8-14-7-5-6-13(3)10-14/h5-7,10,12H,4,8-9,11H2,1-3H3. The fourth-order valence-electron chi connectivity index (χ4n) is 1.79. The van der Waals surface area contributed by atoms with Gasteiger partial charge in [-0.1, -0.05) is 50.1 Å². The van der Waals surface area contributed by atoms with Gasteiger partial charge in [0.15, 0.2) is 0 Å². The molecule has 1 aromatic rings. The Labute approximate surface area is 98.9 Å². The summed E-state index contributed by atoms with van der Waals surface area (Å²) < 4.78 is 0. The zero-order chi connectivity index (χ0) is 12.0. The summed E-state index contributed by atoms with van der Waals surface area (Å²) in [5.74, 6) is 0.931. The summed E-state index contributed by atoms with van der Waals surface area (Å²) in [6.07, 6.45) is 3.41. The van der Waals surface area contributed by atoms with Gasteiger partial charge in [-0.3, -0.25) is 4.79 Å². The lowest BCUT2D eigenvalue weighted by atomic mass is 9.98. The molecule has 0 N–H and O–H groups in total. The number of rotatable bonds is 6. The Morgan fingerprint density at radius 1 is 1.38 bits per heavy atom. The molecule has 0 saturated heterocycles. The van der Waals surface area contributed by atoms with Gasteiger partial charge in [0.1, 0.15) is 5.78 Å². The summed E-state index contributed by atoms with van der Waals surface area (Å²) in [5.41, 5.74) is 2.55. The number of hydrogen-bond donors (Lipinski definition) is 0. The van der Waals surface area contributed by atoms with Gasteiger partial charge < -0.3 is 0 Å². The molecule has 88 valence electrons. The molecule has 16 heavy (non-hydrogen) atoms. The maximum absolute atomic E-state index is 11.7. The summed E-state index contributed by atoms with van der Waals surface area (Å²) in [6, 6.07) is 8.41. The summed E-state index contributed by atoms with van der Waals surface area (Å²) in [4.78, 5) is 11.7. The van der Waals surface area contributed by atoms with Gasteiger partial charge in [-0.25, -0.2) is 0 Å². The van der Waals surface area contributed by atoms with Crippen molar-refractivity contribution in [1.29, 1.82) is 0 Å². The first-order valence-corrected chi connectivity index (χ1v) is 6.19. The van der Waals surface area contributed by atoms with Crippen LogP contribution in [0.25, 0.3) is 0 Å². The Morgan fingerprint density at radius 3 is 2.75 bits per heavy atom. The van der Waals surface area contributed by atoms with Gasteiger partial charge in [0.2, 0.25) is 0 Å². The molecule has 1 heteroatoms. The van der Waals surface area contributed by atoms with Gasteiger partial charge in [0.05, 0.1) is 0 Å². The first kappa shape index (κ1) is 13.0. The highest BCUT2D eigenvalue weighted by Crippen LogP contribution is 2.11. The van der Waals surface area contributed by atoms with E-state index in [9.17, 15) is 4.79 Å². The molecule has 0 saturated carbocycles. The minimum atomic E-state index is 0.399. The Balaban J connectivity index is 2.37. The minimum Gasteiger partial charge on any atom is -0.300 e. The van der Waals surface area contributed by atoms with Crippen molar-refractivity contribution in [2.45, 2.75) is 46.5 Å². The average molecular weight is 218 g/mol. The van der Waals surface area contributed by atoms with E-state index < -0.39 is 0 Å². The van der Waals surface area contributed by atoms with E-state index in [4.69, 9.17) is 0 Å². The van der Waals surface area contributed by atoms with Crippen LogP contribution >= 0.6 is 0 Å². The zero-order valence-electron chi connectivity index (χ0n) is 10.6. The van der Waals surface area contributed by atoms with E-state index in [1.165, 1.54) is 11.1 Å². The molecule has 0 fully saturated rings. The van der Waals surface area contributed by atoms with E-state index >= 15 is 0 Å². The van der Waals surface area contributed by atoms with Gasteiger partial charge >= 0.3 is 0 Å². The lowest BCUT2D eigenvalue weighted by molar-refractivity contribution is -0.119. The molecule has 1 nitrogen and oxygen atoms in total. The van der Waals surface area contributed by atoms with Gasteiger partial charge in [-0.05, 0) is 24.8 Å². The maximum Gasteiger partial charge on any atom is 0.133 e. The summed E-state index contributed by atoms with van der Waals surface area (Å²) >= 11 is 0. The number of benzene rings is 1. The molecular weight excluding hydrogens is 196 g/mol. The molecule has 0 spiro atoms. The van der Waals surface area contributed by atoms with Crippen molar-refractivity contribution in [2.24, 2.45) is 5.92 Å². The average Bonchev–Trinajstić information content (AvgIpc) is 2.26. The Morgan fingerprint density at radius 2 is 2.12 bits per heavy atom. The molecule has 0 aliphatic rings. The minimum absolute atomic E-state index is 0.399. The van der Waals surface area contributed by atoms with Crippen LogP contribution in [0.2, 0.25) is 0 Å². The molecule has 0 bridgehead atoms. The van der Waals surface area contributed by atoms with Crippen molar-refractivity contribution in [3.8, 4) is 0 Å². The normalized spacial score (nSPS) is 12.4. The van der Waals surface area contributed by atoms with Crippen LogP contribution in [0.3, 0.4) is 0 Å². The van der Waals surface area contributed by atoms with Crippen LogP contribution in [0.5, 0.6) is 0 Å². The third kappa shape index (κ3) is 4.61. The lowest BCUT2D eigenvalue weighted by Gasteiger charge is -2.07. The third-order valence-electron chi connectivity index (χ3n) is 3.05. The van der Waals surface area contributed by atoms with Crippen molar-refractivity contribution in [2.75, 3.05) is 0 Å². The fourth-order valence-corrected chi connectivity index (χ4v) is 1.79. The molecule has 0 radical (unpaired) electrons. The molecule has 0 amide bonds. The topological polar surface area (TPSA) is 17.1 Å². The summed E-state index contributed by atoms with van der Waals surface area (Å²) in [6.45, 7) is 6.37. The maximum atomic E-state index is 11.7. The molecule has 0 aromatic heterocycles. The number of aryl methyl sites for hydroxylation is 2. The number of Topliss-reactive ketones (excluding diaryl/α,β-unsaturated/α-hetero) is 1. The van der Waals surface area contributed by atoms with Crippen LogP contribution in [0, 0.1) is 12.8 Å².